The first kappa shape index (κ1) is 30.9. The fourth-order valence-electron chi connectivity index (χ4n) is 6.13. The molecule has 3 N–H and O–H groups in total. The van der Waals surface area contributed by atoms with E-state index in [2.05, 4.69) is 16.2 Å². The minimum absolute atomic E-state index is 0.0414. The zero-order chi connectivity index (χ0) is 32.4. The molecule has 0 unspecified atom stereocenters. The first-order valence-electron chi connectivity index (χ1n) is 15.0. The summed E-state index contributed by atoms with van der Waals surface area (Å²) in [5.74, 6) is 2.17. The van der Waals surface area contributed by atoms with Crippen LogP contribution in [0, 0.1) is 12.3 Å². The molecule has 2 atom stereocenters. The third kappa shape index (κ3) is 6.20. The van der Waals surface area contributed by atoms with Crippen LogP contribution in [0.2, 0.25) is 0 Å². The van der Waals surface area contributed by atoms with Crippen molar-refractivity contribution in [1.29, 1.82) is 0 Å². The lowest BCUT2D eigenvalue weighted by atomic mass is 9.99. The average Bonchev–Trinajstić information content (AvgIpc) is 3.60. The maximum atomic E-state index is 14.3. The number of hydrogen-bond acceptors (Lipinski definition) is 8. The number of piperazine rings is 1. The lowest BCUT2D eigenvalue weighted by Crippen LogP contribution is -2.66. The summed E-state index contributed by atoms with van der Waals surface area (Å²) in [5, 5.41) is 6.50. The van der Waals surface area contributed by atoms with Gasteiger partial charge in [0.1, 0.15) is 12.2 Å². The Hall–Kier alpha value is -5.12. The molecule has 0 spiro atoms. The second-order valence-electron chi connectivity index (χ2n) is 11.6. The Morgan fingerprint density at radius 1 is 1.07 bits per heavy atom. The minimum atomic E-state index is -0.777. The van der Waals surface area contributed by atoms with Crippen molar-refractivity contribution in [2.75, 3.05) is 44.4 Å². The van der Waals surface area contributed by atoms with Gasteiger partial charge in [-0.3, -0.25) is 9.59 Å². The standard InChI is InChI=1S/C34H36N8O3S/c1-4-17-40(34(45)36-19-24-9-6-5-7-10-24)41-22-30(43)42-27(18-23-13-15-26(16-14-23)38(2)3)32(44)39(21-29(41)42)20-25-11-8-12-28-31(25)37-33(35)46-28/h1,5-16,27,29H,17-22H2,2-3H3,(H2,35,37)(H,36,45)/t27-,29+/m0/s1. The zero-order valence-electron chi connectivity index (χ0n) is 25.8. The van der Waals surface area contributed by atoms with Crippen molar-refractivity contribution in [3.63, 3.8) is 0 Å². The number of carbonyl (C=O) groups is 3. The highest BCUT2D eigenvalue weighted by atomic mass is 32.1. The first-order chi connectivity index (χ1) is 22.2. The average molecular weight is 637 g/mol. The number of para-hydroxylation sites is 1. The summed E-state index contributed by atoms with van der Waals surface area (Å²) < 4.78 is 0.937. The van der Waals surface area contributed by atoms with E-state index in [1.165, 1.54) is 16.3 Å². The minimum Gasteiger partial charge on any atom is -0.378 e. The van der Waals surface area contributed by atoms with Gasteiger partial charge in [-0.15, -0.1) is 6.42 Å². The second-order valence-corrected chi connectivity index (χ2v) is 12.7. The van der Waals surface area contributed by atoms with Crippen molar-refractivity contribution in [2.45, 2.75) is 31.7 Å². The molecule has 236 valence electrons. The number of fused-ring (bicyclic) bond motifs is 2. The fourth-order valence-corrected chi connectivity index (χ4v) is 6.91. The number of thiazole rings is 1. The van der Waals surface area contributed by atoms with Crippen LogP contribution in [0.25, 0.3) is 10.2 Å². The number of terminal acetylenes is 1. The first-order valence-corrected chi connectivity index (χ1v) is 15.8. The van der Waals surface area contributed by atoms with Crippen LogP contribution in [-0.4, -0.2) is 88.6 Å². The molecule has 3 aromatic carbocycles. The van der Waals surface area contributed by atoms with Gasteiger partial charge in [0.15, 0.2) is 5.13 Å². The third-order valence-corrected chi connectivity index (χ3v) is 9.25. The molecule has 2 aliphatic rings. The summed E-state index contributed by atoms with van der Waals surface area (Å²) in [7, 11) is 3.93. The van der Waals surface area contributed by atoms with Gasteiger partial charge in [-0.05, 0) is 34.9 Å². The smallest absolute Gasteiger partial charge is 0.333 e. The molecule has 2 saturated heterocycles. The highest BCUT2D eigenvalue weighted by Crippen LogP contribution is 2.32. The van der Waals surface area contributed by atoms with Crippen molar-refractivity contribution >= 4 is 50.2 Å². The van der Waals surface area contributed by atoms with Gasteiger partial charge >= 0.3 is 6.03 Å². The molecule has 0 aliphatic carbocycles. The van der Waals surface area contributed by atoms with E-state index in [-0.39, 0.29) is 38.0 Å². The van der Waals surface area contributed by atoms with E-state index >= 15 is 0 Å². The summed E-state index contributed by atoms with van der Waals surface area (Å²) in [6.45, 7) is 0.634. The van der Waals surface area contributed by atoms with Gasteiger partial charge in [-0.25, -0.2) is 14.8 Å². The molecule has 2 fully saturated rings. The predicted octanol–water partition coefficient (Wildman–Crippen LogP) is 3.13. The Kier molecular flexibility index (Phi) is 8.78. The van der Waals surface area contributed by atoms with Gasteiger partial charge in [0.05, 0.1) is 29.9 Å². The largest absolute Gasteiger partial charge is 0.378 e. The maximum Gasteiger partial charge on any atom is 0.333 e. The Balaban J connectivity index is 1.32. The molecule has 0 bridgehead atoms. The SMILES string of the molecule is C#CCN(C(=O)NCc1ccccc1)N1CC(=O)N2[C@@H](Cc3ccc(N(C)C)cc3)C(=O)N(Cc3cccc4sc(N)nc34)C[C@@H]21. The molecule has 1 aromatic heterocycles. The number of nitrogens with zero attached hydrogens (tertiary/aromatic N) is 6. The van der Waals surface area contributed by atoms with Crippen LogP contribution in [-0.2, 0) is 29.1 Å². The van der Waals surface area contributed by atoms with Crippen LogP contribution in [0.5, 0.6) is 0 Å². The van der Waals surface area contributed by atoms with Gasteiger partial charge in [0, 0.05) is 39.3 Å². The number of benzene rings is 3. The second kappa shape index (κ2) is 13.1. The number of urea groups is 1. The Morgan fingerprint density at radius 2 is 1.83 bits per heavy atom. The Morgan fingerprint density at radius 3 is 2.54 bits per heavy atom. The van der Waals surface area contributed by atoms with Gasteiger partial charge in [0.2, 0.25) is 11.8 Å². The Bertz CT molecular complexity index is 1790. The molecule has 6 rings (SSSR count). The highest BCUT2D eigenvalue weighted by Gasteiger charge is 2.52. The van der Waals surface area contributed by atoms with Gasteiger partial charge in [-0.1, -0.05) is 71.9 Å². The van der Waals surface area contributed by atoms with E-state index in [0.29, 0.717) is 18.1 Å². The summed E-state index contributed by atoms with van der Waals surface area (Å²) in [4.78, 5) is 51.5. The highest BCUT2D eigenvalue weighted by molar-refractivity contribution is 7.22. The molecule has 11 nitrogen and oxygen atoms in total. The molecule has 2 aliphatic heterocycles. The number of amides is 4. The number of anilines is 2. The summed E-state index contributed by atoms with van der Waals surface area (Å²) in [6.07, 6.45) is 5.45. The molecular weight excluding hydrogens is 600 g/mol. The quantitative estimate of drug-likeness (QED) is 0.271. The molecule has 12 heteroatoms. The zero-order valence-corrected chi connectivity index (χ0v) is 26.6. The van der Waals surface area contributed by atoms with E-state index in [9.17, 15) is 14.4 Å². The van der Waals surface area contributed by atoms with Crippen molar-refractivity contribution in [2.24, 2.45) is 0 Å². The normalized spacial score (nSPS) is 18.0. The van der Waals surface area contributed by atoms with Crippen LogP contribution < -0.4 is 16.0 Å². The number of hydrazine groups is 1. The molecular formula is C34H36N8O3S. The number of nitrogens with two attached hydrogens (primary N) is 1. The van der Waals surface area contributed by atoms with Crippen LogP contribution in [0.3, 0.4) is 0 Å². The molecule has 46 heavy (non-hydrogen) atoms. The van der Waals surface area contributed by atoms with Crippen LogP contribution in [0.1, 0.15) is 16.7 Å². The Labute approximate surface area is 272 Å². The summed E-state index contributed by atoms with van der Waals surface area (Å²) in [6, 6.07) is 22.1. The van der Waals surface area contributed by atoms with Gasteiger partial charge in [0.25, 0.3) is 0 Å². The number of nitrogen functional groups attached to an aromatic ring is 1. The topological polar surface area (TPSA) is 118 Å². The van der Waals surface area contributed by atoms with E-state index < -0.39 is 18.2 Å². The van der Waals surface area contributed by atoms with Crippen molar-refractivity contribution < 1.29 is 14.4 Å². The number of rotatable bonds is 9. The number of carbonyl (C=O) groups excluding carboxylic acids is 3. The molecule has 3 heterocycles. The van der Waals surface area contributed by atoms with Crippen molar-refractivity contribution in [1.82, 2.24) is 30.1 Å². The third-order valence-electron chi connectivity index (χ3n) is 8.40. The summed E-state index contributed by atoms with van der Waals surface area (Å²) >= 11 is 1.39. The van der Waals surface area contributed by atoms with Gasteiger partial charge < -0.3 is 25.8 Å². The number of hydrogen-bond donors (Lipinski definition) is 2. The van der Waals surface area contributed by atoms with Crippen LogP contribution in [0.15, 0.2) is 72.8 Å². The molecule has 0 saturated carbocycles. The van der Waals surface area contributed by atoms with E-state index in [0.717, 1.165) is 32.6 Å². The lowest BCUT2D eigenvalue weighted by molar-refractivity contribution is -0.157. The van der Waals surface area contributed by atoms with E-state index in [4.69, 9.17) is 12.2 Å². The molecule has 4 aromatic rings. The fraction of sp³-hybridized carbons (Fsp3) is 0.294. The maximum absolute atomic E-state index is 14.3. The van der Waals surface area contributed by atoms with E-state index in [1.807, 2.05) is 91.8 Å². The monoisotopic (exact) mass is 636 g/mol. The van der Waals surface area contributed by atoms with Crippen LogP contribution in [0.4, 0.5) is 15.6 Å². The number of nitrogens with one attached hydrogen (secondary N) is 1. The lowest BCUT2D eigenvalue weighted by Gasteiger charge is -2.46. The summed E-state index contributed by atoms with van der Waals surface area (Å²) in [5.41, 5.74) is 10.5. The van der Waals surface area contributed by atoms with Crippen LogP contribution >= 0.6 is 11.3 Å². The van der Waals surface area contributed by atoms with Crippen molar-refractivity contribution in [3.8, 4) is 12.3 Å². The predicted molar refractivity (Wildman–Crippen MR) is 179 cm³/mol. The molecule has 0 radical (unpaired) electrons. The van der Waals surface area contributed by atoms with Gasteiger partial charge in [-0.2, -0.15) is 5.01 Å². The van der Waals surface area contributed by atoms with Crippen molar-refractivity contribution in [3.05, 3.63) is 89.5 Å². The molecule has 4 amide bonds. The van der Waals surface area contributed by atoms with E-state index in [1.54, 1.807) is 14.8 Å². The number of aromatic nitrogens is 1.